The highest BCUT2D eigenvalue weighted by atomic mass is 16.2. The summed E-state index contributed by atoms with van der Waals surface area (Å²) < 4.78 is 4.16. The van der Waals surface area contributed by atoms with Crippen LogP contribution in [0.25, 0.3) is 43.6 Å². The van der Waals surface area contributed by atoms with Gasteiger partial charge in [0.1, 0.15) is 0 Å². The Labute approximate surface area is 188 Å². The van der Waals surface area contributed by atoms with Gasteiger partial charge in [0, 0.05) is 45.7 Å². The number of carbonyl (C=O) groups excluding carboxylic acids is 2. The van der Waals surface area contributed by atoms with Gasteiger partial charge in [-0.2, -0.15) is 10.5 Å². The average molecular weight is 431 g/mol. The van der Waals surface area contributed by atoms with Crippen LogP contribution < -0.4 is 5.32 Å². The molecule has 0 radical (unpaired) electrons. The lowest BCUT2D eigenvalue weighted by atomic mass is 9.96. The third-order valence-electron chi connectivity index (χ3n) is 6.49. The number of hydrogen-bond donors (Lipinski definition) is 1. The zero-order chi connectivity index (χ0) is 22.7. The number of amides is 2. The maximum Gasteiger partial charge on any atom is 0.259 e. The topological polar surface area (TPSA) is 104 Å². The van der Waals surface area contributed by atoms with E-state index in [4.69, 9.17) is 0 Å². The van der Waals surface area contributed by atoms with Gasteiger partial charge < -0.3 is 9.13 Å². The van der Waals surface area contributed by atoms with Gasteiger partial charge in [-0.05, 0) is 12.1 Å². The van der Waals surface area contributed by atoms with Crippen molar-refractivity contribution < 1.29 is 9.59 Å². The number of carbonyl (C=O) groups is 2. The van der Waals surface area contributed by atoms with E-state index in [2.05, 4.69) is 26.6 Å². The van der Waals surface area contributed by atoms with Crippen molar-refractivity contribution in [3.05, 3.63) is 59.7 Å². The molecule has 2 amide bonds. The third-order valence-corrected chi connectivity index (χ3v) is 6.49. The van der Waals surface area contributed by atoms with Crippen molar-refractivity contribution in [2.24, 2.45) is 0 Å². The van der Waals surface area contributed by atoms with E-state index in [1.54, 1.807) is 0 Å². The first-order valence-electron chi connectivity index (χ1n) is 10.7. The van der Waals surface area contributed by atoms with Crippen molar-refractivity contribution in [2.45, 2.75) is 25.9 Å². The van der Waals surface area contributed by atoms with Crippen molar-refractivity contribution in [2.75, 3.05) is 0 Å². The highest BCUT2D eigenvalue weighted by Crippen LogP contribution is 2.44. The van der Waals surface area contributed by atoms with Crippen molar-refractivity contribution in [3.63, 3.8) is 0 Å². The minimum absolute atomic E-state index is 0.301. The van der Waals surface area contributed by atoms with Crippen LogP contribution in [-0.4, -0.2) is 20.9 Å². The molecule has 0 fully saturated rings. The summed E-state index contributed by atoms with van der Waals surface area (Å²) in [5.41, 5.74) is 4.22. The van der Waals surface area contributed by atoms with Crippen LogP contribution in [-0.2, 0) is 13.1 Å². The quantitative estimate of drug-likeness (QED) is 0.420. The normalized spacial score (nSPS) is 13.0. The second kappa shape index (κ2) is 6.94. The molecule has 2 aromatic heterocycles. The van der Waals surface area contributed by atoms with Gasteiger partial charge in [0.05, 0.1) is 47.1 Å². The number of aromatic nitrogens is 2. The van der Waals surface area contributed by atoms with Crippen LogP contribution >= 0.6 is 0 Å². The maximum atomic E-state index is 13.1. The number of benzene rings is 3. The average Bonchev–Trinajstić information content (AvgIpc) is 3.43. The number of rotatable bonds is 4. The number of nitrogens with zero attached hydrogens (tertiary/aromatic N) is 4. The second-order valence-corrected chi connectivity index (χ2v) is 8.13. The van der Waals surface area contributed by atoms with Gasteiger partial charge in [0.2, 0.25) is 0 Å². The lowest BCUT2D eigenvalue weighted by Gasteiger charge is -2.11. The standard InChI is InChI=1S/C26H17N5O2/c27-11-5-13-30-17-9-3-1-7-15(17)19-21-22(26(33)29-25(21)32)20-16-8-2-4-10-18(16)31(14-6-12-28)24(20)23(19)30/h1-4,7-10H,5-6,13-14H2,(H,29,32,33). The largest absolute Gasteiger partial charge is 0.338 e. The molecular weight excluding hydrogens is 414 g/mol. The zero-order valence-electron chi connectivity index (χ0n) is 17.6. The van der Waals surface area contributed by atoms with E-state index in [0.29, 0.717) is 37.1 Å². The molecule has 5 aromatic rings. The second-order valence-electron chi connectivity index (χ2n) is 8.13. The Morgan fingerprint density at radius 1 is 0.697 bits per heavy atom. The molecule has 0 spiro atoms. The van der Waals surface area contributed by atoms with E-state index in [9.17, 15) is 20.1 Å². The summed E-state index contributed by atoms with van der Waals surface area (Å²) in [7, 11) is 0. The van der Waals surface area contributed by atoms with Gasteiger partial charge in [-0.1, -0.05) is 36.4 Å². The highest BCUT2D eigenvalue weighted by molar-refractivity contribution is 6.39. The summed E-state index contributed by atoms with van der Waals surface area (Å²) in [6, 6.07) is 20.0. The molecule has 0 saturated heterocycles. The first-order chi connectivity index (χ1) is 16.2. The summed E-state index contributed by atoms with van der Waals surface area (Å²) >= 11 is 0. The summed E-state index contributed by atoms with van der Waals surface area (Å²) in [6.45, 7) is 0.896. The van der Waals surface area contributed by atoms with Crippen LogP contribution in [0.4, 0.5) is 0 Å². The Morgan fingerprint density at radius 2 is 1.12 bits per heavy atom. The molecule has 6 rings (SSSR count). The van der Waals surface area contributed by atoms with E-state index in [1.165, 1.54) is 0 Å². The Morgan fingerprint density at radius 3 is 1.55 bits per heavy atom. The van der Waals surface area contributed by atoms with Crippen molar-refractivity contribution in [1.82, 2.24) is 14.5 Å². The molecule has 7 nitrogen and oxygen atoms in total. The number of imide groups is 1. The lowest BCUT2D eigenvalue weighted by molar-refractivity contribution is 0.0880. The number of nitrogens with one attached hydrogen (secondary N) is 1. The smallest absolute Gasteiger partial charge is 0.259 e. The van der Waals surface area contributed by atoms with Gasteiger partial charge in [0.25, 0.3) is 11.8 Å². The molecule has 3 aromatic carbocycles. The van der Waals surface area contributed by atoms with Gasteiger partial charge in [0.15, 0.2) is 0 Å². The Kier molecular flexibility index (Phi) is 4.02. The molecule has 33 heavy (non-hydrogen) atoms. The minimum Gasteiger partial charge on any atom is -0.338 e. The fraction of sp³-hybridized carbons (Fsp3) is 0.154. The lowest BCUT2D eigenvalue weighted by Crippen LogP contribution is -2.20. The molecule has 158 valence electrons. The fourth-order valence-corrected chi connectivity index (χ4v) is 5.33. The summed E-state index contributed by atoms with van der Waals surface area (Å²) in [5.74, 6) is -0.808. The van der Waals surface area contributed by atoms with Crippen molar-refractivity contribution >= 4 is 55.4 Å². The molecule has 0 bridgehead atoms. The highest BCUT2D eigenvalue weighted by Gasteiger charge is 2.36. The predicted molar refractivity (Wildman–Crippen MR) is 125 cm³/mol. The van der Waals surface area contributed by atoms with Gasteiger partial charge in [-0.3, -0.25) is 14.9 Å². The molecule has 1 aliphatic rings. The Hall–Kier alpha value is -4.62. The fourth-order valence-electron chi connectivity index (χ4n) is 5.33. The minimum atomic E-state index is -0.404. The van der Waals surface area contributed by atoms with Gasteiger partial charge in [-0.15, -0.1) is 0 Å². The molecule has 1 aliphatic heterocycles. The van der Waals surface area contributed by atoms with Crippen LogP contribution in [0.3, 0.4) is 0 Å². The number of fused-ring (bicyclic) bond motifs is 10. The first kappa shape index (κ1) is 19.1. The SMILES string of the molecule is N#CCCn1c2ccccc2c2c3c(c4c5ccccc5n(CCC#N)c4c21)C(=O)NC3=O. The van der Waals surface area contributed by atoms with E-state index in [1.807, 2.05) is 48.5 Å². The van der Waals surface area contributed by atoms with Crippen LogP contribution in [0.2, 0.25) is 0 Å². The van der Waals surface area contributed by atoms with E-state index >= 15 is 0 Å². The molecule has 0 saturated carbocycles. The molecule has 0 atom stereocenters. The van der Waals surface area contributed by atoms with E-state index < -0.39 is 11.8 Å². The molecule has 0 unspecified atom stereocenters. The molecule has 1 N–H and O–H groups in total. The zero-order valence-corrected chi connectivity index (χ0v) is 17.6. The molecule has 3 heterocycles. The molecule has 0 aliphatic carbocycles. The summed E-state index contributed by atoms with van der Waals surface area (Å²) in [5, 5.41) is 24.3. The monoisotopic (exact) mass is 431 g/mol. The van der Waals surface area contributed by atoms with Crippen LogP contribution in [0, 0.1) is 22.7 Å². The van der Waals surface area contributed by atoms with Gasteiger partial charge in [-0.25, -0.2) is 0 Å². The number of nitriles is 2. The Balaban J connectivity index is 1.97. The first-order valence-corrected chi connectivity index (χ1v) is 10.7. The third kappa shape index (κ3) is 2.42. The Bertz CT molecular complexity index is 1630. The van der Waals surface area contributed by atoms with Crippen LogP contribution in [0.15, 0.2) is 48.5 Å². The predicted octanol–water partition coefficient (Wildman–Crippen LogP) is 4.61. The maximum absolute atomic E-state index is 13.1. The van der Waals surface area contributed by atoms with Gasteiger partial charge >= 0.3 is 0 Å². The van der Waals surface area contributed by atoms with E-state index in [-0.39, 0.29) is 0 Å². The van der Waals surface area contributed by atoms with Crippen LogP contribution in [0.1, 0.15) is 33.6 Å². The number of aryl methyl sites for hydroxylation is 2. The van der Waals surface area contributed by atoms with Crippen molar-refractivity contribution in [3.8, 4) is 12.1 Å². The summed E-state index contributed by atoms with van der Waals surface area (Å²) in [4.78, 5) is 26.1. The number of para-hydroxylation sites is 2. The summed E-state index contributed by atoms with van der Waals surface area (Å²) in [6.07, 6.45) is 0.603. The number of hydrogen-bond acceptors (Lipinski definition) is 4. The molecule has 7 heteroatoms. The molecular formula is C26H17N5O2. The van der Waals surface area contributed by atoms with E-state index in [0.717, 1.165) is 43.6 Å². The van der Waals surface area contributed by atoms with Crippen LogP contribution in [0.5, 0.6) is 0 Å². The van der Waals surface area contributed by atoms with Crippen molar-refractivity contribution in [1.29, 1.82) is 10.5 Å².